The molecular formula is C10H17N3O. The minimum absolute atomic E-state index is 0.0244. The molecule has 1 heterocycles. The Labute approximate surface area is 84.5 Å². The lowest BCUT2D eigenvalue weighted by molar-refractivity contribution is 0.0748. The van der Waals surface area contributed by atoms with Crippen LogP contribution in [0, 0.1) is 6.92 Å². The van der Waals surface area contributed by atoms with Crippen molar-refractivity contribution >= 4 is 5.91 Å². The molecule has 0 bridgehead atoms. The van der Waals surface area contributed by atoms with Gasteiger partial charge in [0, 0.05) is 25.8 Å². The lowest BCUT2D eigenvalue weighted by Crippen LogP contribution is -2.33. The maximum atomic E-state index is 11.8. The van der Waals surface area contributed by atoms with Gasteiger partial charge in [-0.3, -0.25) is 9.48 Å². The van der Waals surface area contributed by atoms with Crippen LogP contribution in [0.2, 0.25) is 0 Å². The molecule has 0 saturated carbocycles. The lowest BCUT2D eigenvalue weighted by atomic mass is 10.3. The van der Waals surface area contributed by atoms with Crippen LogP contribution in [0.1, 0.15) is 30.0 Å². The molecule has 4 nitrogen and oxygen atoms in total. The van der Waals surface area contributed by atoms with Crippen molar-refractivity contribution in [3.63, 3.8) is 0 Å². The fraction of sp³-hybridized carbons (Fsp3) is 0.600. The standard InChI is InChI=1S/C10H17N3O/c1-7(2)12(4)10(14)9-6-8(3)13(5)11-9/h6-7H,1-5H3. The second-order valence-electron chi connectivity index (χ2n) is 3.80. The monoisotopic (exact) mass is 195 g/mol. The van der Waals surface area contributed by atoms with Crippen LogP contribution in [0.15, 0.2) is 6.07 Å². The van der Waals surface area contributed by atoms with E-state index in [1.54, 1.807) is 22.7 Å². The first kappa shape index (κ1) is 10.8. The van der Waals surface area contributed by atoms with Gasteiger partial charge in [0.15, 0.2) is 5.69 Å². The number of amides is 1. The lowest BCUT2D eigenvalue weighted by Gasteiger charge is -2.19. The van der Waals surface area contributed by atoms with E-state index in [2.05, 4.69) is 5.10 Å². The van der Waals surface area contributed by atoms with E-state index in [0.29, 0.717) is 5.69 Å². The predicted molar refractivity (Wildman–Crippen MR) is 55.2 cm³/mol. The number of rotatable bonds is 2. The number of carbonyl (C=O) groups is 1. The number of aromatic nitrogens is 2. The van der Waals surface area contributed by atoms with E-state index in [4.69, 9.17) is 0 Å². The smallest absolute Gasteiger partial charge is 0.274 e. The Morgan fingerprint density at radius 3 is 2.50 bits per heavy atom. The SMILES string of the molecule is Cc1cc(C(=O)N(C)C(C)C)nn1C. The Hall–Kier alpha value is -1.32. The van der Waals surface area contributed by atoms with Crippen molar-refractivity contribution in [3.8, 4) is 0 Å². The molecule has 4 heteroatoms. The molecule has 0 aromatic carbocycles. The molecule has 0 unspecified atom stereocenters. The maximum Gasteiger partial charge on any atom is 0.274 e. The number of carbonyl (C=O) groups excluding carboxylic acids is 1. The van der Waals surface area contributed by atoms with Crippen LogP contribution in [0.25, 0.3) is 0 Å². The van der Waals surface area contributed by atoms with Gasteiger partial charge in [-0.25, -0.2) is 0 Å². The van der Waals surface area contributed by atoms with Gasteiger partial charge in [-0.05, 0) is 26.8 Å². The van der Waals surface area contributed by atoms with E-state index in [0.717, 1.165) is 5.69 Å². The summed E-state index contributed by atoms with van der Waals surface area (Å²) in [7, 11) is 3.62. The number of aryl methyl sites for hydroxylation is 2. The van der Waals surface area contributed by atoms with Gasteiger partial charge in [-0.2, -0.15) is 5.10 Å². The third kappa shape index (κ3) is 1.95. The van der Waals surface area contributed by atoms with Crippen molar-refractivity contribution < 1.29 is 4.79 Å². The Bertz CT molecular complexity index is 322. The molecule has 0 spiro atoms. The normalized spacial score (nSPS) is 10.7. The highest BCUT2D eigenvalue weighted by atomic mass is 16.2. The third-order valence-corrected chi connectivity index (χ3v) is 2.43. The summed E-state index contributed by atoms with van der Waals surface area (Å²) in [6.45, 7) is 5.89. The van der Waals surface area contributed by atoms with Crippen molar-refractivity contribution in [2.75, 3.05) is 7.05 Å². The average Bonchev–Trinajstić information content (AvgIpc) is 2.44. The minimum Gasteiger partial charge on any atom is -0.338 e. The molecule has 0 aliphatic heterocycles. The second kappa shape index (κ2) is 3.82. The number of nitrogens with zero attached hydrogens (tertiary/aromatic N) is 3. The molecule has 1 amide bonds. The maximum absolute atomic E-state index is 11.8. The average molecular weight is 195 g/mol. The summed E-state index contributed by atoms with van der Waals surface area (Å²) >= 11 is 0. The molecule has 0 aliphatic rings. The molecule has 0 N–H and O–H groups in total. The van der Waals surface area contributed by atoms with E-state index in [1.807, 2.05) is 27.8 Å². The molecular weight excluding hydrogens is 178 g/mol. The van der Waals surface area contributed by atoms with Crippen LogP contribution in [0.3, 0.4) is 0 Å². The van der Waals surface area contributed by atoms with Gasteiger partial charge in [0.25, 0.3) is 5.91 Å². The molecule has 78 valence electrons. The van der Waals surface area contributed by atoms with Crippen LogP contribution < -0.4 is 0 Å². The first-order valence-corrected chi connectivity index (χ1v) is 4.71. The van der Waals surface area contributed by atoms with E-state index >= 15 is 0 Å². The molecule has 1 aromatic heterocycles. The summed E-state index contributed by atoms with van der Waals surface area (Å²) in [5, 5.41) is 4.14. The Kier molecular flexibility index (Phi) is 2.93. The zero-order valence-corrected chi connectivity index (χ0v) is 9.40. The molecule has 0 atom stereocenters. The topological polar surface area (TPSA) is 38.1 Å². The first-order chi connectivity index (χ1) is 6.43. The fourth-order valence-corrected chi connectivity index (χ4v) is 1.08. The van der Waals surface area contributed by atoms with Gasteiger partial charge in [-0.1, -0.05) is 0 Å². The van der Waals surface area contributed by atoms with Gasteiger partial charge in [0.2, 0.25) is 0 Å². The van der Waals surface area contributed by atoms with Crippen molar-refractivity contribution in [2.24, 2.45) is 7.05 Å². The largest absolute Gasteiger partial charge is 0.338 e. The summed E-state index contributed by atoms with van der Waals surface area (Å²) in [5.74, 6) is -0.0244. The van der Waals surface area contributed by atoms with Crippen molar-refractivity contribution in [1.82, 2.24) is 14.7 Å². The van der Waals surface area contributed by atoms with Crippen LogP contribution in [-0.4, -0.2) is 33.7 Å². The Morgan fingerprint density at radius 1 is 1.57 bits per heavy atom. The number of hydrogen-bond donors (Lipinski definition) is 0. The number of hydrogen-bond acceptors (Lipinski definition) is 2. The Morgan fingerprint density at radius 2 is 2.14 bits per heavy atom. The van der Waals surface area contributed by atoms with E-state index in [9.17, 15) is 4.79 Å². The van der Waals surface area contributed by atoms with Crippen molar-refractivity contribution in [3.05, 3.63) is 17.5 Å². The summed E-state index contributed by atoms with van der Waals surface area (Å²) in [5.41, 5.74) is 1.51. The molecule has 0 aliphatic carbocycles. The summed E-state index contributed by atoms with van der Waals surface area (Å²) < 4.78 is 1.71. The van der Waals surface area contributed by atoms with Crippen molar-refractivity contribution in [1.29, 1.82) is 0 Å². The van der Waals surface area contributed by atoms with Gasteiger partial charge in [0.05, 0.1) is 0 Å². The fourth-order valence-electron chi connectivity index (χ4n) is 1.08. The summed E-state index contributed by atoms with van der Waals surface area (Å²) in [6.07, 6.45) is 0. The van der Waals surface area contributed by atoms with Gasteiger partial charge < -0.3 is 4.90 Å². The van der Waals surface area contributed by atoms with Crippen LogP contribution >= 0.6 is 0 Å². The van der Waals surface area contributed by atoms with Gasteiger partial charge in [-0.15, -0.1) is 0 Å². The first-order valence-electron chi connectivity index (χ1n) is 4.71. The van der Waals surface area contributed by atoms with Crippen LogP contribution in [0.4, 0.5) is 0 Å². The third-order valence-electron chi connectivity index (χ3n) is 2.43. The van der Waals surface area contributed by atoms with Gasteiger partial charge >= 0.3 is 0 Å². The molecule has 0 saturated heterocycles. The van der Waals surface area contributed by atoms with E-state index in [1.165, 1.54) is 0 Å². The second-order valence-corrected chi connectivity index (χ2v) is 3.80. The summed E-state index contributed by atoms with van der Waals surface area (Å²) in [6, 6.07) is 2.01. The molecule has 1 rings (SSSR count). The predicted octanol–water partition coefficient (Wildman–Crippen LogP) is 1.21. The summed E-state index contributed by atoms with van der Waals surface area (Å²) in [4.78, 5) is 13.5. The quantitative estimate of drug-likeness (QED) is 0.711. The zero-order chi connectivity index (χ0) is 10.9. The molecule has 1 aromatic rings. The highest BCUT2D eigenvalue weighted by Crippen LogP contribution is 2.06. The van der Waals surface area contributed by atoms with E-state index < -0.39 is 0 Å². The van der Waals surface area contributed by atoms with Crippen molar-refractivity contribution in [2.45, 2.75) is 26.8 Å². The highest BCUT2D eigenvalue weighted by Gasteiger charge is 2.17. The van der Waals surface area contributed by atoms with Crippen LogP contribution in [-0.2, 0) is 7.05 Å². The minimum atomic E-state index is -0.0244. The molecule has 14 heavy (non-hydrogen) atoms. The van der Waals surface area contributed by atoms with Crippen LogP contribution in [0.5, 0.6) is 0 Å². The highest BCUT2D eigenvalue weighted by molar-refractivity contribution is 5.92. The van der Waals surface area contributed by atoms with Gasteiger partial charge in [0.1, 0.15) is 0 Å². The molecule has 0 fully saturated rings. The zero-order valence-electron chi connectivity index (χ0n) is 9.40. The van der Waals surface area contributed by atoms with E-state index in [-0.39, 0.29) is 11.9 Å². The molecule has 0 radical (unpaired) electrons. The Balaban J connectivity index is 2.90.